The van der Waals surface area contributed by atoms with Crippen LogP contribution >= 0.6 is 0 Å². The van der Waals surface area contributed by atoms with Gasteiger partial charge in [-0.25, -0.2) is 4.21 Å². The van der Waals surface area contributed by atoms with Gasteiger partial charge in [0.2, 0.25) is 0 Å². The predicted octanol–water partition coefficient (Wildman–Crippen LogP) is 4.54. The summed E-state index contributed by atoms with van der Waals surface area (Å²) < 4.78 is 61.6. The first-order chi connectivity index (χ1) is 13.8. The molecular formula is C20H22F3NO4S. The molecular weight excluding hydrogens is 407 g/mol. The van der Waals surface area contributed by atoms with Crippen molar-refractivity contribution in [2.45, 2.75) is 31.9 Å². The molecule has 0 aliphatic heterocycles. The van der Waals surface area contributed by atoms with Crippen LogP contribution in [0.1, 0.15) is 24.0 Å². The molecule has 0 fully saturated rings. The highest BCUT2D eigenvalue weighted by molar-refractivity contribution is 7.81. The number of ether oxygens (including phenoxy) is 1. The normalized spacial score (nSPS) is 17.0. The van der Waals surface area contributed by atoms with Gasteiger partial charge in [0.05, 0.1) is 12.3 Å². The maximum Gasteiger partial charge on any atom is 0.389 e. The van der Waals surface area contributed by atoms with Crippen LogP contribution in [0, 0.1) is 5.92 Å². The topological polar surface area (TPSA) is 67.8 Å². The van der Waals surface area contributed by atoms with Crippen molar-refractivity contribution >= 4 is 17.0 Å². The van der Waals surface area contributed by atoms with Crippen LogP contribution in [0.3, 0.4) is 0 Å². The summed E-state index contributed by atoms with van der Waals surface area (Å²) in [7, 11) is 0. The van der Waals surface area contributed by atoms with E-state index < -0.39 is 23.9 Å². The molecule has 2 N–H and O–H groups in total. The fourth-order valence-corrected chi connectivity index (χ4v) is 3.86. The van der Waals surface area contributed by atoms with E-state index in [2.05, 4.69) is 4.72 Å². The second-order valence-corrected chi connectivity index (χ2v) is 7.77. The fourth-order valence-electron chi connectivity index (χ4n) is 3.21. The van der Waals surface area contributed by atoms with E-state index in [0.717, 1.165) is 24.0 Å². The lowest BCUT2D eigenvalue weighted by molar-refractivity contribution is -0.136. The number of alkyl halides is 3. The summed E-state index contributed by atoms with van der Waals surface area (Å²) in [5.41, 5.74) is 2.68. The third-order valence-corrected chi connectivity index (χ3v) is 5.33. The van der Waals surface area contributed by atoms with E-state index in [1.54, 1.807) is 24.3 Å². The zero-order valence-corrected chi connectivity index (χ0v) is 16.4. The molecule has 0 aromatic heterocycles. The van der Waals surface area contributed by atoms with Crippen molar-refractivity contribution in [3.05, 3.63) is 53.6 Å². The Bertz CT molecular complexity index is 860. The molecule has 0 bridgehead atoms. The number of hydrogen-bond acceptors (Lipinski definition) is 4. The molecule has 0 saturated carbocycles. The average Bonchev–Trinajstić information content (AvgIpc) is 3.09. The van der Waals surface area contributed by atoms with Gasteiger partial charge < -0.3 is 9.84 Å². The highest BCUT2D eigenvalue weighted by atomic mass is 32.2. The Morgan fingerprint density at radius 3 is 2.72 bits per heavy atom. The first-order valence-corrected chi connectivity index (χ1v) is 10.3. The van der Waals surface area contributed by atoms with Gasteiger partial charge in [0.15, 0.2) is 0 Å². The van der Waals surface area contributed by atoms with Gasteiger partial charge in [-0.15, -0.1) is 0 Å². The van der Waals surface area contributed by atoms with Gasteiger partial charge in [0.25, 0.3) is 11.3 Å². The molecule has 0 saturated heterocycles. The monoisotopic (exact) mass is 429 g/mol. The summed E-state index contributed by atoms with van der Waals surface area (Å²) in [5.74, 6) is 1.42. The van der Waals surface area contributed by atoms with Gasteiger partial charge in [-0.3, -0.25) is 8.91 Å². The summed E-state index contributed by atoms with van der Waals surface area (Å²) in [4.78, 5) is 0. The van der Waals surface area contributed by atoms with Crippen molar-refractivity contribution in [1.29, 1.82) is 0 Å². The molecule has 2 aromatic rings. The van der Waals surface area contributed by atoms with Crippen molar-refractivity contribution in [3.8, 4) is 11.5 Å². The Labute approximate surface area is 169 Å². The lowest BCUT2D eigenvalue weighted by Gasteiger charge is -2.12. The summed E-state index contributed by atoms with van der Waals surface area (Å²) in [6.07, 6.45) is -3.93. The number of aliphatic hydroxyl groups excluding tert-OH is 1. The van der Waals surface area contributed by atoms with Crippen LogP contribution < -0.4 is 9.46 Å². The minimum absolute atomic E-state index is 0.127. The molecule has 1 aliphatic rings. The van der Waals surface area contributed by atoms with E-state index in [1.165, 1.54) is 0 Å². The highest BCUT2D eigenvalue weighted by Gasteiger charge is 2.26. The average molecular weight is 429 g/mol. The van der Waals surface area contributed by atoms with Gasteiger partial charge in [-0.1, -0.05) is 18.2 Å². The number of halogens is 3. The third-order valence-electron chi connectivity index (χ3n) is 4.55. The number of aliphatic hydroxyl groups is 1. The van der Waals surface area contributed by atoms with E-state index >= 15 is 0 Å². The zero-order valence-electron chi connectivity index (χ0n) is 15.6. The summed E-state index contributed by atoms with van der Waals surface area (Å²) in [6.45, 7) is -0.139. The van der Waals surface area contributed by atoms with Crippen molar-refractivity contribution in [2.75, 3.05) is 17.9 Å². The molecule has 2 aromatic carbocycles. The van der Waals surface area contributed by atoms with Gasteiger partial charge in [0, 0.05) is 19.1 Å². The van der Waals surface area contributed by atoms with E-state index in [1.807, 2.05) is 18.2 Å². The Morgan fingerprint density at radius 2 is 1.97 bits per heavy atom. The first kappa shape index (κ1) is 21.6. The molecule has 0 heterocycles. The second kappa shape index (κ2) is 9.60. The second-order valence-electron chi connectivity index (χ2n) is 6.86. The molecule has 29 heavy (non-hydrogen) atoms. The number of fused-ring (bicyclic) bond motifs is 1. The predicted molar refractivity (Wildman–Crippen MR) is 104 cm³/mol. The van der Waals surface area contributed by atoms with Crippen molar-refractivity contribution < 1.29 is 31.4 Å². The summed E-state index contributed by atoms with van der Waals surface area (Å²) in [6, 6.07) is 12.5. The molecule has 1 aliphatic carbocycles. The smallest absolute Gasteiger partial charge is 0.389 e. The maximum atomic E-state index is 12.1. The van der Waals surface area contributed by atoms with Crippen LogP contribution in [0.4, 0.5) is 18.9 Å². The van der Waals surface area contributed by atoms with Crippen LogP contribution in [-0.2, 0) is 28.3 Å². The lowest BCUT2D eigenvalue weighted by atomic mass is 10.1. The van der Waals surface area contributed by atoms with Crippen LogP contribution in [0.5, 0.6) is 11.5 Å². The zero-order chi connectivity index (χ0) is 20.9. The third kappa shape index (κ3) is 6.45. The van der Waals surface area contributed by atoms with Gasteiger partial charge in [-0.05, 0) is 54.5 Å². The van der Waals surface area contributed by atoms with Crippen LogP contribution in [0.2, 0.25) is 0 Å². The molecule has 2 unspecified atom stereocenters. The van der Waals surface area contributed by atoms with Gasteiger partial charge >= 0.3 is 6.18 Å². The van der Waals surface area contributed by atoms with Crippen LogP contribution in [-0.4, -0.2) is 28.7 Å². The molecule has 2 atom stereocenters. The van der Waals surface area contributed by atoms with E-state index in [4.69, 9.17) is 8.92 Å². The van der Waals surface area contributed by atoms with Gasteiger partial charge in [-0.2, -0.15) is 13.2 Å². The number of rotatable bonds is 9. The van der Waals surface area contributed by atoms with Crippen molar-refractivity contribution in [3.63, 3.8) is 0 Å². The first-order valence-electron chi connectivity index (χ1n) is 9.22. The number of benzene rings is 2. The Kier molecular flexibility index (Phi) is 7.15. The van der Waals surface area contributed by atoms with Gasteiger partial charge in [0.1, 0.15) is 11.5 Å². The number of anilines is 1. The summed E-state index contributed by atoms with van der Waals surface area (Å²) in [5, 5.41) is 9.41. The Morgan fingerprint density at radius 1 is 1.17 bits per heavy atom. The minimum atomic E-state index is -4.25. The van der Waals surface area contributed by atoms with Crippen LogP contribution in [0.25, 0.3) is 0 Å². The number of hydrogen-bond donors (Lipinski definition) is 2. The lowest BCUT2D eigenvalue weighted by Crippen LogP contribution is -2.12. The SMILES string of the molecule is O=S(Nc1cccc(Oc2cccc3c2CC(CO)C3)c1)OCCCC(F)(F)F. The molecule has 9 heteroatoms. The molecule has 3 rings (SSSR count). The highest BCUT2D eigenvalue weighted by Crippen LogP contribution is 2.36. The molecule has 0 radical (unpaired) electrons. The molecule has 0 amide bonds. The molecule has 158 valence electrons. The molecule has 5 nitrogen and oxygen atoms in total. The minimum Gasteiger partial charge on any atom is -0.457 e. The van der Waals surface area contributed by atoms with E-state index in [9.17, 15) is 22.5 Å². The fraction of sp³-hybridized carbons (Fsp3) is 0.400. The van der Waals surface area contributed by atoms with E-state index in [0.29, 0.717) is 17.2 Å². The van der Waals surface area contributed by atoms with E-state index in [-0.39, 0.29) is 25.6 Å². The van der Waals surface area contributed by atoms with Crippen molar-refractivity contribution in [1.82, 2.24) is 0 Å². The molecule has 0 spiro atoms. The maximum absolute atomic E-state index is 12.1. The number of nitrogens with one attached hydrogen (secondary N) is 1. The quantitative estimate of drug-likeness (QED) is 0.575. The summed E-state index contributed by atoms with van der Waals surface area (Å²) >= 11 is -1.96. The Balaban J connectivity index is 1.57. The largest absolute Gasteiger partial charge is 0.457 e. The standard InChI is InChI=1S/C20H22F3NO4S/c21-20(22,23)8-3-9-27-29(26)24-16-5-2-6-17(12-16)28-19-7-1-4-15-10-14(13-25)11-18(15)19/h1-2,4-7,12,14,24-25H,3,8-11,13H2. The van der Waals surface area contributed by atoms with Crippen LogP contribution in [0.15, 0.2) is 42.5 Å². The van der Waals surface area contributed by atoms with Crippen molar-refractivity contribution in [2.24, 2.45) is 5.92 Å². The Hall–Kier alpha value is -2.10.